The van der Waals surface area contributed by atoms with Crippen molar-refractivity contribution in [1.29, 1.82) is 0 Å². The van der Waals surface area contributed by atoms with E-state index >= 15 is 0 Å². The Bertz CT molecular complexity index is 777. The first-order chi connectivity index (χ1) is 11.6. The molecule has 0 atom stereocenters. The summed E-state index contributed by atoms with van der Waals surface area (Å²) in [7, 11) is 2.48. The van der Waals surface area contributed by atoms with Crippen LogP contribution in [0.4, 0.5) is 0 Å². The van der Waals surface area contributed by atoms with Gasteiger partial charge in [-0.3, -0.25) is 0 Å². The van der Waals surface area contributed by atoms with Gasteiger partial charge in [0.25, 0.3) is 0 Å². The van der Waals surface area contributed by atoms with Crippen molar-refractivity contribution in [3.05, 3.63) is 69.4 Å². The van der Waals surface area contributed by atoms with Gasteiger partial charge in [0, 0.05) is 0 Å². The Morgan fingerprint density at radius 1 is 1.00 bits per heavy atom. The van der Waals surface area contributed by atoms with Crippen LogP contribution in [0.25, 0.3) is 11.8 Å². The summed E-state index contributed by atoms with van der Waals surface area (Å²) >= 11 is 1.36. The van der Waals surface area contributed by atoms with Gasteiger partial charge in [-0.1, -0.05) is 36.4 Å². The van der Waals surface area contributed by atoms with Crippen LogP contribution in [0, 0.1) is 0 Å². The Morgan fingerprint density at radius 2 is 1.67 bits per heavy atom. The molecule has 0 unspecified atom stereocenters. The summed E-state index contributed by atoms with van der Waals surface area (Å²) in [6.45, 7) is 0. The molecular formula is C18H17NO4S. The van der Waals surface area contributed by atoms with E-state index in [1.807, 2.05) is 23.6 Å². The average Bonchev–Trinajstić information content (AvgIpc) is 3.15. The molecule has 2 N–H and O–H groups in total. The van der Waals surface area contributed by atoms with Crippen molar-refractivity contribution < 1.29 is 19.1 Å². The summed E-state index contributed by atoms with van der Waals surface area (Å²) in [5.74, 6) is -1.37. The molecule has 2 aromatic rings. The van der Waals surface area contributed by atoms with E-state index in [0.29, 0.717) is 4.88 Å². The van der Waals surface area contributed by atoms with Gasteiger partial charge >= 0.3 is 11.9 Å². The summed E-state index contributed by atoms with van der Waals surface area (Å²) in [4.78, 5) is 25.2. The molecule has 1 heterocycles. The zero-order chi connectivity index (χ0) is 17.5. The van der Waals surface area contributed by atoms with Gasteiger partial charge in [-0.25, -0.2) is 9.59 Å². The van der Waals surface area contributed by atoms with E-state index < -0.39 is 11.9 Å². The normalized spacial score (nSPS) is 12.3. The van der Waals surface area contributed by atoms with Crippen LogP contribution in [0.15, 0.2) is 59.0 Å². The van der Waals surface area contributed by atoms with Crippen LogP contribution in [0.3, 0.4) is 0 Å². The Balaban J connectivity index is 2.67. The van der Waals surface area contributed by atoms with Crippen molar-refractivity contribution >= 4 is 35.0 Å². The highest BCUT2D eigenvalue weighted by Crippen LogP contribution is 2.26. The number of ether oxygens (including phenoxy) is 2. The predicted octanol–water partition coefficient (Wildman–Crippen LogP) is 2.85. The average molecular weight is 343 g/mol. The van der Waals surface area contributed by atoms with Crippen molar-refractivity contribution in [2.45, 2.75) is 0 Å². The standard InChI is InChI=1S/C18H17NO4S/c1-22-17(20)13(11-12-7-4-3-5-8-12)15(18(21)23-2)16(19)14-9-6-10-24-14/h3-11H,19H2,1-2H3/b13-11+,16-15-. The largest absolute Gasteiger partial charge is 0.465 e. The third-order valence-corrected chi connectivity index (χ3v) is 4.13. The number of methoxy groups -OCH3 is 2. The molecule has 1 aromatic carbocycles. The SMILES string of the molecule is COC(=O)C(=C(\N)c1cccs1)/C(=C\c1ccccc1)C(=O)OC. The Kier molecular flexibility index (Phi) is 5.92. The van der Waals surface area contributed by atoms with Gasteiger partial charge in [0.2, 0.25) is 0 Å². The first kappa shape index (κ1) is 17.5. The summed E-state index contributed by atoms with van der Waals surface area (Å²) < 4.78 is 9.65. The van der Waals surface area contributed by atoms with E-state index in [2.05, 4.69) is 0 Å². The fourth-order valence-electron chi connectivity index (χ4n) is 2.08. The lowest BCUT2D eigenvalue weighted by Crippen LogP contribution is -2.19. The van der Waals surface area contributed by atoms with Crippen molar-refractivity contribution in [3.8, 4) is 0 Å². The molecule has 0 aliphatic carbocycles. The lowest BCUT2D eigenvalue weighted by Gasteiger charge is -2.12. The van der Waals surface area contributed by atoms with Crippen molar-refractivity contribution in [3.63, 3.8) is 0 Å². The van der Waals surface area contributed by atoms with Gasteiger partial charge in [-0.05, 0) is 23.1 Å². The third kappa shape index (κ3) is 3.91. The highest BCUT2D eigenvalue weighted by Gasteiger charge is 2.26. The maximum atomic E-state index is 12.3. The second-order valence-corrected chi connectivity index (χ2v) is 5.67. The maximum absolute atomic E-state index is 12.3. The molecular weight excluding hydrogens is 326 g/mol. The van der Waals surface area contributed by atoms with Gasteiger partial charge in [0.15, 0.2) is 0 Å². The number of hydrogen-bond donors (Lipinski definition) is 1. The zero-order valence-electron chi connectivity index (χ0n) is 13.3. The molecule has 0 amide bonds. The molecule has 5 nitrogen and oxygen atoms in total. The van der Waals surface area contributed by atoms with Gasteiger partial charge < -0.3 is 15.2 Å². The summed E-state index contributed by atoms with van der Waals surface area (Å²) in [5, 5.41) is 1.83. The number of carbonyl (C=O) groups is 2. The van der Waals surface area contributed by atoms with Crippen molar-refractivity contribution in [1.82, 2.24) is 0 Å². The third-order valence-electron chi connectivity index (χ3n) is 3.23. The van der Waals surface area contributed by atoms with Crippen molar-refractivity contribution in [2.24, 2.45) is 5.73 Å². The minimum Gasteiger partial charge on any atom is -0.465 e. The van der Waals surface area contributed by atoms with Crippen LogP contribution in [0.2, 0.25) is 0 Å². The number of carbonyl (C=O) groups excluding carboxylic acids is 2. The molecule has 6 heteroatoms. The molecule has 0 radical (unpaired) electrons. The van der Waals surface area contributed by atoms with Gasteiger partial charge in [-0.15, -0.1) is 11.3 Å². The van der Waals surface area contributed by atoms with Crippen LogP contribution in [0.5, 0.6) is 0 Å². The maximum Gasteiger partial charge on any atom is 0.340 e. The van der Waals surface area contributed by atoms with Crippen LogP contribution in [0.1, 0.15) is 10.4 Å². The first-order valence-electron chi connectivity index (χ1n) is 7.05. The van der Waals surface area contributed by atoms with Crippen LogP contribution in [-0.2, 0) is 19.1 Å². The second-order valence-electron chi connectivity index (χ2n) is 4.72. The number of hydrogen-bond acceptors (Lipinski definition) is 6. The molecule has 24 heavy (non-hydrogen) atoms. The van der Waals surface area contributed by atoms with Gasteiger partial charge in [-0.2, -0.15) is 0 Å². The minimum atomic E-state index is -0.700. The summed E-state index contributed by atoms with van der Waals surface area (Å²) in [6, 6.07) is 12.7. The van der Waals surface area contributed by atoms with Crippen LogP contribution >= 0.6 is 11.3 Å². The smallest absolute Gasteiger partial charge is 0.340 e. The number of thiophene rings is 1. The number of rotatable bonds is 5. The monoisotopic (exact) mass is 343 g/mol. The van der Waals surface area contributed by atoms with E-state index in [-0.39, 0.29) is 16.8 Å². The van der Waals surface area contributed by atoms with Crippen LogP contribution in [-0.4, -0.2) is 26.2 Å². The topological polar surface area (TPSA) is 78.6 Å². The van der Waals surface area contributed by atoms with Gasteiger partial charge in [0.1, 0.15) is 0 Å². The molecule has 0 saturated heterocycles. The van der Waals surface area contributed by atoms with E-state index in [1.54, 1.807) is 30.3 Å². The minimum absolute atomic E-state index is 0.0179. The summed E-state index contributed by atoms with van der Waals surface area (Å²) in [5.41, 5.74) is 7.08. The van der Waals surface area contributed by atoms with E-state index in [1.165, 1.54) is 25.6 Å². The Morgan fingerprint density at radius 3 is 2.21 bits per heavy atom. The lowest BCUT2D eigenvalue weighted by molar-refractivity contribution is -0.139. The molecule has 0 aliphatic rings. The molecule has 2 rings (SSSR count). The fourth-order valence-corrected chi connectivity index (χ4v) is 2.77. The highest BCUT2D eigenvalue weighted by atomic mass is 32.1. The quantitative estimate of drug-likeness (QED) is 0.513. The van der Waals surface area contributed by atoms with E-state index in [4.69, 9.17) is 15.2 Å². The van der Waals surface area contributed by atoms with E-state index in [0.717, 1.165) is 5.56 Å². The lowest BCUT2D eigenvalue weighted by atomic mass is 10.00. The van der Waals surface area contributed by atoms with Gasteiger partial charge in [0.05, 0.1) is 35.9 Å². The number of esters is 2. The fraction of sp³-hybridized carbons (Fsp3) is 0.111. The first-order valence-corrected chi connectivity index (χ1v) is 7.93. The van der Waals surface area contributed by atoms with Crippen LogP contribution < -0.4 is 5.73 Å². The highest BCUT2D eigenvalue weighted by molar-refractivity contribution is 7.11. The molecule has 1 aromatic heterocycles. The Labute approximate surface area is 144 Å². The number of nitrogens with two attached hydrogens (primary N) is 1. The molecule has 0 bridgehead atoms. The number of benzene rings is 1. The Hall–Kier alpha value is -2.86. The second kappa shape index (κ2) is 8.12. The molecule has 124 valence electrons. The molecule has 0 spiro atoms. The predicted molar refractivity (Wildman–Crippen MR) is 93.9 cm³/mol. The molecule has 0 fully saturated rings. The molecule has 0 saturated carbocycles. The van der Waals surface area contributed by atoms with Crippen molar-refractivity contribution in [2.75, 3.05) is 14.2 Å². The molecule has 0 aliphatic heterocycles. The zero-order valence-corrected chi connectivity index (χ0v) is 14.1. The van der Waals surface area contributed by atoms with E-state index in [9.17, 15) is 9.59 Å². The summed E-state index contributed by atoms with van der Waals surface area (Å²) in [6.07, 6.45) is 1.55.